The van der Waals surface area contributed by atoms with Crippen LogP contribution >= 0.6 is 0 Å². The summed E-state index contributed by atoms with van der Waals surface area (Å²) < 4.78 is 40.7. The third-order valence-corrected chi connectivity index (χ3v) is 5.54. The van der Waals surface area contributed by atoms with Gasteiger partial charge in [-0.25, -0.2) is 0 Å². The lowest BCUT2D eigenvalue weighted by molar-refractivity contribution is -0.274. The zero-order valence-corrected chi connectivity index (χ0v) is 15.0. The highest BCUT2D eigenvalue weighted by Crippen LogP contribution is 2.40. The van der Waals surface area contributed by atoms with Crippen molar-refractivity contribution in [2.24, 2.45) is 11.8 Å². The van der Waals surface area contributed by atoms with E-state index in [1.54, 1.807) is 12.1 Å². The van der Waals surface area contributed by atoms with E-state index in [1.807, 2.05) is 0 Å². The van der Waals surface area contributed by atoms with Gasteiger partial charge in [-0.15, -0.1) is 13.2 Å². The number of benzene rings is 1. The summed E-state index contributed by atoms with van der Waals surface area (Å²) >= 11 is 0. The zero-order valence-electron chi connectivity index (χ0n) is 15.0. The Kier molecular flexibility index (Phi) is 5.84. The van der Waals surface area contributed by atoms with Crippen LogP contribution in [0.25, 0.3) is 0 Å². The molecule has 0 amide bonds. The molecule has 0 heterocycles. The van der Waals surface area contributed by atoms with E-state index < -0.39 is 6.36 Å². The molecule has 0 radical (unpaired) electrons. The maximum atomic E-state index is 12.3. The van der Waals surface area contributed by atoms with Crippen molar-refractivity contribution in [2.45, 2.75) is 57.9 Å². The third kappa shape index (κ3) is 4.88. The van der Waals surface area contributed by atoms with Gasteiger partial charge in [0.2, 0.25) is 0 Å². The van der Waals surface area contributed by atoms with Gasteiger partial charge in [0.05, 0.1) is 0 Å². The van der Waals surface area contributed by atoms with Gasteiger partial charge in [0, 0.05) is 5.54 Å². The molecule has 0 aromatic heterocycles. The first-order valence-corrected chi connectivity index (χ1v) is 8.63. The second kappa shape index (κ2) is 7.34. The van der Waals surface area contributed by atoms with Crippen molar-refractivity contribution in [1.29, 1.82) is 0 Å². The number of alkyl halides is 3. The number of nitrogens with zero attached hydrogens (tertiary/aromatic N) is 1. The Bertz CT molecular complexity index is 514. The summed E-state index contributed by atoms with van der Waals surface area (Å²) in [6.07, 6.45) is 0.905. The lowest BCUT2D eigenvalue weighted by Gasteiger charge is -2.46. The van der Waals surface area contributed by atoms with Crippen LogP contribution in [0.4, 0.5) is 13.2 Å². The van der Waals surface area contributed by atoms with Gasteiger partial charge in [-0.05, 0) is 75.7 Å². The van der Waals surface area contributed by atoms with Crippen LogP contribution in [0.3, 0.4) is 0 Å². The summed E-state index contributed by atoms with van der Waals surface area (Å²) in [4.78, 5) is 2.30. The maximum Gasteiger partial charge on any atom is 0.573 e. The predicted octanol–water partition coefficient (Wildman–Crippen LogP) is 5.27. The molecule has 0 unspecified atom stereocenters. The van der Waals surface area contributed by atoms with Crippen LogP contribution in [0.2, 0.25) is 0 Å². The second-order valence-electron chi connectivity index (χ2n) is 7.57. The molecule has 0 atom stereocenters. The number of ether oxygens (including phenoxy) is 1. The van der Waals surface area contributed by atoms with E-state index in [1.165, 1.54) is 25.0 Å². The van der Waals surface area contributed by atoms with Crippen LogP contribution < -0.4 is 4.74 Å². The molecule has 1 aromatic carbocycles. The van der Waals surface area contributed by atoms with Crippen molar-refractivity contribution in [3.63, 3.8) is 0 Å². The minimum absolute atomic E-state index is 0.0950. The lowest BCUT2D eigenvalue weighted by atomic mass is 9.70. The fraction of sp³-hybridized carbons (Fsp3) is 0.684. The summed E-state index contributed by atoms with van der Waals surface area (Å²) in [5.74, 6) is 1.33. The average molecular weight is 343 g/mol. The predicted molar refractivity (Wildman–Crippen MR) is 90.0 cm³/mol. The number of hydrogen-bond donors (Lipinski definition) is 0. The summed E-state index contributed by atoms with van der Waals surface area (Å²) in [7, 11) is 4.22. The van der Waals surface area contributed by atoms with Crippen LogP contribution in [0.15, 0.2) is 24.3 Å². The van der Waals surface area contributed by atoms with Crippen LogP contribution in [-0.4, -0.2) is 30.9 Å². The maximum absolute atomic E-state index is 12.3. The van der Waals surface area contributed by atoms with Crippen LogP contribution in [-0.2, 0) is 6.42 Å². The molecule has 0 saturated heterocycles. The van der Waals surface area contributed by atoms with Crippen molar-refractivity contribution >= 4 is 0 Å². The summed E-state index contributed by atoms with van der Waals surface area (Å²) in [6.45, 7) is 4.57. The smallest absolute Gasteiger partial charge is 0.406 e. The molecular weight excluding hydrogens is 315 g/mol. The van der Waals surface area contributed by atoms with Gasteiger partial charge in [0.25, 0.3) is 0 Å². The fourth-order valence-corrected chi connectivity index (χ4v) is 3.82. The highest BCUT2D eigenvalue weighted by Gasteiger charge is 2.38. The lowest BCUT2D eigenvalue weighted by Crippen LogP contribution is -2.49. The van der Waals surface area contributed by atoms with E-state index in [2.05, 4.69) is 37.6 Å². The zero-order chi connectivity index (χ0) is 18.0. The fourth-order valence-electron chi connectivity index (χ4n) is 3.82. The van der Waals surface area contributed by atoms with Gasteiger partial charge < -0.3 is 9.64 Å². The number of rotatable bonds is 5. The quantitative estimate of drug-likeness (QED) is 0.722. The highest BCUT2D eigenvalue weighted by molar-refractivity contribution is 5.28. The largest absolute Gasteiger partial charge is 0.573 e. The second-order valence-corrected chi connectivity index (χ2v) is 7.57. The minimum atomic E-state index is -4.64. The van der Waals surface area contributed by atoms with E-state index in [0.717, 1.165) is 30.7 Å². The normalized spacial score (nSPS) is 25.3. The molecule has 1 aliphatic carbocycles. The summed E-state index contributed by atoms with van der Waals surface area (Å²) in [6, 6.07) is 6.32. The van der Waals surface area contributed by atoms with Crippen LogP contribution in [0.1, 0.15) is 45.1 Å². The third-order valence-electron chi connectivity index (χ3n) is 5.54. The Hall–Kier alpha value is -1.23. The molecule has 1 saturated carbocycles. The minimum Gasteiger partial charge on any atom is -0.406 e. The van der Waals surface area contributed by atoms with E-state index in [-0.39, 0.29) is 11.3 Å². The van der Waals surface area contributed by atoms with Gasteiger partial charge in [-0.1, -0.05) is 26.0 Å². The number of halogens is 3. The first-order valence-electron chi connectivity index (χ1n) is 8.63. The van der Waals surface area contributed by atoms with Crippen molar-refractivity contribution in [1.82, 2.24) is 4.90 Å². The average Bonchev–Trinajstić information content (AvgIpc) is 2.48. The molecule has 1 aliphatic rings. The Morgan fingerprint density at radius 1 is 1.12 bits per heavy atom. The molecule has 0 spiro atoms. The standard InChI is InChI=1S/C19H28F3NO/c1-14(2)16-9-11-18(12-10-16,23(3)4)13-15-5-7-17(8-6-15)24-19(20,21)22/h5-8,14,16H,9-13H2,1-4H3. The molecule has 0 aliphatic heterocycles. The highest BCUT2D eigenvalue weighted by atomic mass is 19.4. The van der Waals surface area contributed by atoms with Gasteiger partial charge in [0.1, 0.15) is 5.75 Å². The molecule has 5 heteroatoms. The van der Waals surface area contributed by atoms with Crippen LogP contribution in [0.5, 0.6) is 5.75 Å². The summed E-state index contributed by atoms with van der Waals surface area (Å²) in [5, 5.41) is 0. The van der Waals surface area contributed by atoms with Crippen molar-refractivity contribution in [2.75, 3.05) is 14.1 Å². The first-order chi connectivity index (χ1) is 11.1. The number of hydrogen-bond acceptors (Lipinski definition) is 2. The number of likely N-dealkylation sites (N-methyl/N-ethyl adjacent to an activating group) is 1. The van der Waals surface area contributed by atoms with Crippen molar-refractivity contribution in [3.8, 4) is 5.75 Å². The SMILES string of the molecule is CC(C)C1CCC(Cc2ccc(OC(F)(F)F)cc2)(N(C)C)CC1. The van der Waals surface area contributed by atoms with E-state index >= 15 is 0 Å². The Labute approximate surface area is 143 Å². The van der Waals surface area contributed by atoms with Gasteiger partial charge in [-0.2, -0.15) is 0 Å². The molecule has 0 bridgehead atoms. The van der Waals surface area contributed by atoms with Gasteiger partial charge >= 0.3 is 6.36 Å². The molecule has 1 aromatic rings. The van der Waals surface area contributed by atoms with E-state index in [0.29, 0.717) is 5.92 Å². The first kappa shape index (κ1) is 19.1. The monoisotopic (exact) mass is 343 g/mol. The van der Waals surface area contributed by atoms with E-state index in [4.69, 9.17) is 0 Å². The molecule has 0 N–H and O–H groups in total. The molecule has 1 fully saturated rings. The Balaban J connectivity index is 2.06. The molecule has 24 heavy (non-hydrogen) atoms. The molecule has 2 nitrogen and oxygen atoms in total. The Morgan fingerprint density at radius 3 is 2.08 bits per heavy atom. The van der Waals surface area contributed by atoms with Gasteiger partial charge in [0.15, 0.2) is 0 Å². The molecular formula is C19H28F3NO. The van der Waals surface area contributed by atoms with E-state index in [9.17, 15) is 13.2 Å². The van der Waals surface area contributed by atoms with Crippen molar-refractivity contribution in [3.05, 3.63) is 29.8 Å². The molecule has 2 rings (SSSR count). The molecule has 136 valence electrons. The van der Waals surface area contributed by atoms with Gasteiger partial charge in [-0.3, -0.25) is 0 Å². The van der Waals surface area contributed by atoms with Crippen LogP contribution in [0, 0.1) is 11.8 Å². The van der Waals surface area contributed by atoms with Crippen molar-refractivity contribution < 1.29 is 17.9 Å². The topological polar surface area (TPSA) is 12.5 Å². The summed E-state index contributed by atoms with van der Waals surface area (Å²) in [5.41, 5.74) is 1.15. The Morgan fingerprint density at radius 2 is 1.67 bits per heavy atom.